The molecule has 0 aromatic carbocycles. The summed E-state index contributed by atoms with van der Waals surface area (Å²) < 4.78 is 0. The summed E-state index contributed by atoms with van der Waals surface area (Å²) in [7, 11) is 0. The highest BCUT2D eigenvalue weighted by molar-refractivity contribution is 5.74. The quantitative estimate of drug-likeness (QED) is 0.674. The SMILES string of the molecule is CCCC1CCC(CCCCO)(C(=O)O)CC1. The summed E-state index contributed by atoms with van der Waals surface area (Å²) in [6.07, 6.45) is 8.55. The lowest BCUT2D eigenvalue weighted by atomic mass is 9.67. The van der Waals surface area contributed by atoms with E-state index in [4.69, 9.17) is 5.11 Å². The number of aliphatic hydroxyl groups excluding tert-OH is 1. The second-order valence-corrected chi connectivity index (χ2v) is 5.50. The standard InChI is InChI=1S/C14H26O3/c1-2-5-12-6-9-14(10-7-12,13(16)17)8-3-4-11-15/h12,15H,2-11H2,1H3,(H,16,17). The number of carboxylic acids is 1. The normalized spacial score (nSPS) is 29.2. The molecule has 1 saturated carbocycles. The van der Waals surface area contributed by atoms with E-state index in [-0.39, 0.29) is 6.61 Å². The molecule has 17 heavy (non-hydrogen) atoms. The van der Waals surface area contributed by atoms with Gasteiger partial charge in [-0.15, -0.1) is 0 Å². The fourth-order valence-corrected chi connectivity index (χ4v) is 3.07. The van der Waals surface area contributed by atoms with Crippen LogP contribution in [0.1, 0.15) is 64.7 Å². The van der Waals surface area contributed by atoms with Gasteiger partial charge in [0.25, 0.3) is 0 Å². The van der Waals surface area contributed by atoms with Crippen LogP contribution < -0.4 is 0 Å². The van der Waals surface area contributed by atoms with Crippen LogP contribution in [0.5, 0.6) is 0 Å². The van der Waals surface area contributed by atoms with Crippen molar-refractivity contribution in [3.8, 4) is 0 Å². The summed E-state index contributed by atoms with van der Waals surface area (Å²) in [5.41, 5.74) is -0.487. The molecule has 0 aromatic heterocycles. The molecule has 1 aliphatic rings. The molecule has 0 amide bonds. The van der Waals surface area contributed by atoms with Gasteiger partial charge in [0.15, 0.2) is 0 Å². The van der Waals surface area contributed by atoms with Crippen molar-refractivity contribution in [2.75, 3.05) is 6.61 Å². The molecule has 0 aromatic rings. The molecule has 2 N–H and O–H groups in total. The monoisotopic (exact) mass is 242 g/mol. The van der Waals surface area contributed by atoms with Crippen LogP contribution in [0.25, 0.3) is 0 Å². The summed E-state index contributed by atoms with van der Waals surface area (Å²) in [5.74, 6) is 0.121. The van der Waals surface area contributed by atoms with Crippen molar-refractivity contribution < 1.29 is 15.0 Å². The molecule has 1 fully saturated rings. The summed E-state index contributed by atoms with van der Waals surface area (Å²) in [6, 6.07) is 0. The summed E-state index contributed by atoms with van der Waals surface area (Å²) in [6.45, 7) is 2.37. The molecule has 0 spiro atoms. The first-order valence-electron chi connectivity index (χ1n) is 6.99. The summed E-state index contributed by atoms with van der Waals surface area (Å²) in [4.78, 5) is 11.5. The van der Waals surface area contributed by atoms with E-state index in [1.807, 2.05) is 0 Å². The highest BCUT2D eigenvalue weighted by Crippen LogP contribution is 2.44. The number of carboxylic acid groups (broad SMARTS) is 1. The molecule has 1 aliphatic carbocycles. The van der Waals surface area contributed by atoms with Crippen molar-refractivity contribution in [3.05, 3.63) is 0 Å². The fourth-order valence-electron chi connectivity index (χ4n) is 3.07. The van der Waals surface area contributed by atoms with Gasteiger partial charge in [-0.3, -0.25) is 4.79 Å². The summed E-state index contributed by atoms with van der Waals surface area (Å²) >= 11 is 0. The molecule has 100 valence electrons. The number of aliphatic hydroxyl groups is 1. The first kappa shape index (κ1) is 14.5. The van der Waals surface area contributed by atoms with Gasteiger partial charge >= 0.3 is 5.97 Å². The van der Waals surface area contributed by atoms with Crippen molar-refractivity contribution in [1.82, 2.24) is 0 Å². The Morgan fingerprint density at radius 2 is 1.94 bits per heavy atom. The zero-order valence-electron chi connectivity index (χ0n) is 11.0. The van der Waals surface area contributed by atoms with Gasteiger partial charge in [0.2, 0.25) is 0 Å². The lowest BCUT2D eigenvalue weighted by Gasteiger charge is -2.37. The minimum absolute atomic E-state index is 0.175. The molecule has 0 atom stereocenters. The highest BCUT2D eigenvalue weighted by Gasteiger charge is 2.40. The van der Waals surface area contributed by atoms with Crippen molar-refractivity contribution in [3.63, 3.8) is 0 Å². The molecule has 3 heteroatoms. The number of unbranched alkanes of at least 4 members (excludes halogenated alkanes) is 1. The van der Waals surface area contributed by atoms with Crippen molar-refractivity contribution in [1.29, 1.82) is 0 Å². The van der Waals surface area contributed by atoms with Crippen molar-refractivity contribution in [2.24, 2.45) is 11.3 Å². The lowest BCUT2D eigenvalue weighted by Crippen LogP contribution is -2.35. The largest absolute Gasteiger partial charge is 0.481 e. The molecule has 0 bridgehead atoms. The van der Waals surface area contributed by atoms with Gasteiger partial charge in [-0.2, -0.15) is 0 Å². The Hall–Kier alpha value is -0.570. The minimum atomic E-state index is -0.620. The Morgan fingerprint density at radius 3 is 2.41 bits per heavy atom. The predicted octanol–water partition coefficient (Wildman–Crippen LogP) is 3.21. The third-order valence-electron chi connectivity index (χ3n) is 4.28. The van der Waals surface area contributed by atoms with E-state index >= 15 is 0 Å². The van der Waals surface area contributed by atoms with Crippen LogP contribution in [0.2, 0.25) is 0 Å². The van der Waals surface area contributed by atoms with Gasteiger partial charge in [0, 0.05) is 6.61 Å². The Balaban J connectivity index is 2.48. The van der Waals surface area contributed by atoms with Gasteiger partial charge in [0.05, 0.1) is 5.41 Å². The number of aliphatic carboxylic acids is 1. The molecule has 3 nitrogen and oxygen atoms in total. The molecular weight excluding hydrogens is 216 g/mol. The van der Waals surface area contributed by atoms with E-state index in [1.54, 1.807) is 0 Å². The van der Waals surface area contributed by atoms with Gasteiger partial charge < -0.3 is 10.2 Å². The van der Waals surface area contributed by atoms with Crippen LogP contribution in [0.4, 0.5) is 0 Å². The number of rotatable bonds is 7. The Kier molecular flexibility index (Phi) is 5.96. The summed E-state index contributed by atoms with van der Waals surface area (Å²) in [5, 5.41) is 18.2. The number of carbonyl (C=O) groups is 1. The van der Waals surface area contributed by atoms with E-state index in [0.29, 0.717) is 0 Å². The van der Waals surface area contributed by atoms with E-state index in [1.165, 1.54) is 12.8 Å². The van der Waals surface area contributed by atoms with Crippen LogP contribution in [0.15, 0.2) is 0 Å². The molecule has 0 saturated heterocycles. The fraction of sp³-hybridized carbons (Fsp3) is 0.929. The molecule has 0 radical (unpaired) electrons. The topological polar surface area (TPSA) is 57.5 Å². The van der Waals surface area contributed by atoms with Crippen LogP contribution in [0.3, 0.4) is 0 Å². The molecule has 1 rings (SSSR count). The zero-order chi connectivity index (χ0) is 12.7. The maximum atomic E-state index is 11.5. The van der Waals surface area contributed by atoms with Crippen LogP contribution in [-0.2, 0) is 4.79 Å². The third kappa shape index (κ3) is 3.98. The van der Waals surface area contributed by atoms with Gasteiger partial charge in [-0.05, 0) is 44.4 Å². The van der Waals surface area contributed by atoms with Crippen LogP contribution in [0, 0.1) is 11.3 Å². The third-order valence-corrected chi connectivity index (χ3v) is 4.28. The lowest BCUT2D eigenvalue weighted by molar-refractivity contribution is -0.152. The Bertz CT molecular complexity index is 230. The maximum absolute atomic E-state index is 11.5. The molecular formula is C14H26O3. The van der Waals surface area contributed by atoms with Crippen molar-refractivity contribution in [2.45, 2.75) is 64.7 Å². The highest BCUT2D eigenvalue weighted by atomic mass is 16.4. The van der Waals surface area contributed by atoms with Gasteiger partial charge in [-0.25, -0.2) is 0 Å². The van der Waals surface area contributed by atoms with Gasteiger partial charge in [-0.1, -0.05) is 26.2 Å². The van der Waals surface area contributed by atoms with E-state index in [2.05, 4.69) is 6.92 Å². The van der Waals surface area contributed by atoms with E-state index in [9.17, 15) is 9.90 Å². The first-order valence-corrected chi connectivity index (χ1v) is 6.99. The second-order valence-electron chi connectivity index (χ2n) is 5.50. The van der Waals surface area contributed by atoms with Crippen LogP contribution in [-0.4, -0.2) is 22.8 Å². The maximum Gasteiger partial charge on any atom is 0.309 e. The number of hydrogen-bond acceptors (Lipinski definition) is 2. The average molecular weight is 242 g/mol. The zero-order valence-corrected chi connectivity index (χ0v) is 11.0. The van der Waals surface area contributed by atoms with Crippen LogP contribution >= 0.6 is 0 Å². The van der Waals surface area contributed by atoms with Gasteiger partial charge in [0.1, 0.15) is 0 Å². The smallest absolute Gasteiger partial charge is 0.309 e. The number of hydrogen-bond donors (Lipinski definition) is 2. The Labute approximate surface area is 104 Å². The predicted molar refractivity (Wildman–Crippen MR) is 67.9 cm³/mol. The molecule has 0 heterocycles. The van der Waals surface area contributed by atoms with E-state index < -0.39 is 11.4 Å². The first-order chi connectivity index (χ1) is 8.14. The minimum Gasteiger partial charge on any atom is -0.481 e. The molecule has 0 aliphatic heterocycles. The van der Waals surface area contributed by atoms with E-state index in [0.717, 1.165) is 50.9 Å². The van der Waals surface area contributed by atoms with Crippen molar-refractivity contribution >= 4 is 5.97 Å². The average Bonchev–Trinajstić information content (AvgIpc) is 2.32. The molecule has 0 unspecified atom stereocenters. The second kappa shape index (κ2) is 7.00. The Morgan fingerprint density at radius 1 is 1.29 bits per heavy atom.